The van der Waals surface area contributed by atoms with Crippen LogP contribution in [0.3, 0.4) is 0 Å². The van der Waals surface area contributed by atoms with Gasteiger partial charge in [-0.25, -0.2) is 9.18 Å². The van der Waals surface area contributed by atoms with Gasteiger partial charge in [0.05, 0.1) is 0 Å². The number of hydrogen-bond donors (Lipinski definition) is 2. The smallest absolute Gasteiger partial charge is 0.410 e. The zero-order chi connectivity index (χ0) is 17.0. The van der Waals surface area contributed by atoms with E-state index < -0.39 is 5.60 Å². The molecule has 0 saturated carbocycles. The zero-order valence-electron chi connectivity index (χ0n) is 14.1. The molecule has 0 spiro atoms. The summed E-state index contributed by atoms with van der Waals surface area (Å²) in [5.74, 6) is -0.288. The summed E-state index contributed by atoms with van der Waals surface area (Å²) in [5, 5.41) is 3.33. The first-order valence-corrected chi connectivity index (χ1v) is 8.00. The Kier molecular flexibility index (Phi) is 5.46. The molecule has 1 aliphatic heterocycles. The number of nitrogens with one attached hydrogen (secondary N) is 1. The highest BCUT2D eigenvalue weighted by molar-refractivity contribution is 5.68. The van der Waals surface area contributed by atoms with Crippen molar-refractivity contribution in [3.05, 3.63) is 29.6 Å². The topological polar surface area (TPSA) is 67.6 Å². The lowest BCUT2D eigenvalue weighted by Gasteiger charge is -2.33. The third-order valence-corrected chi connectivity index (χ3v) is 3.87. The molecule has 23 heavy (non-hydrogen) atoms. The van der Waals surface area contributed by atoms with Gasteiger partial charge in [0.2, 0.25) is 0 Å². The summed E-state index contributed by atoms with van der Waals surface area (Å²) in [7, 11) is 0. The summed E-state index contributed by atoms with van der Waals surface area (Å²) >= 11 is 0. The van der Waals surface area contributed by atoms with E-state index in [-0.39, 0.29) is 18.0 Å². The predicted molar refractivity (Wildman–Crippen MR) is 88.5 cm³/mol. The number of carbonyl (C=O) groups excluding carboxylic acids is 1. The Hall–Kier alpha value is -1.82. The number of anilines is 1. The van der Waals surface area contributed by atoms with Crippen molar-refractivity contribution in [2.75, 3.05) is 18.8 Å². The third-order valence-electron chi connectivity index (χ3n) is 3.87. The second-order valence-electron chi connectivity index (χ2n) is 6.93. The Balaban J connectivity index is 1.80. The summed E-state index contributed by atoms with van der Waals surface area (Å²) in [6.07, 6.45) is 1.36. The van der Waals surface area contributed by atoms with Gasteiger partial charge in [-0.15, -0.1) is 0 Å². The number of piperidine rings is 1. The Bertz CT molecular complexity index is 529. The number of likely N-dealkylation sites (tertiary alicyclic amines) is 1. The van der Waals surface area contributed by atoms with E-state index in [1.54, 1.807) is 17.0 Å². The fourth-order valence-corrected chi connectivity index (χ4v) is 2.60. The van der Waals surface area contributed by atoms with Gasteiger partial charge >= 0.3 is 6.09 Å². The molecule has 0 atom stereocenters. The van der Waals surface area contributed by atoms with Crippen molar-refractivity contribution < 1.29 is 13.9 Å². The summed E-state index contributed by atoms with van der Waals surface area (Å²) in [6, 6.07) is 4.96. The number of nitrogen functional groups attached to an aromatic ring is 1. The number of nitrogens with two attached hydrogens (primary N) is 1. The molecule has 0 aliphatic carbocycles. The van der Waals surface area contributed by atoms with Crippen molar-refractivity contribution in [3.8, 4) is 0 Å². The molecule has 1 aliphatic rings. The van der Waals surface area contributed by atoms with Crippen LogP contribution in [0.5, 0.6) is 0 Å². The summed E-state index contributed by atoms with van der Waals surface area (Å²) in [6.45, 7) is 7.25. The Morgan fingerprint density at radius 1 is 1.39 bits per heavy atom. The van der Waals surface area contributed by atoms with Gasteiger partial charge in [0.1, 0.15) is 11.4 Å². The van der Waals surface area contributed by atoms with Gasteiger partial charge in [0.15, 0.2) is 0 Å². The number of nitrogens with zero attached hydrogens (tertiary/aromatic N) is 1. The van der Waals surface area contributed by atoms with Crippen molar-refractivity contribution in [1.82, 2.24) is 10.2 Å². The van der Waals surface area contributed by atoms with E-state index in [1.807, 2.05) is 20.8 Å². The fourth-order valence-electron chi connectivity index (χ4n) is 2.60. The number of ether oxygens (including phenoxy) is 1. The molecule has 0 aromatic heterocycles. The van der Waals surface area contributed by atoms with E-state index in [2.05, 4.69) is 5.32 Å². The molecule has 1 aromatic carbocycles. The first-order valence-electron chi connectivity index (χ1n) is 8.00. The van der Waals surface area contributed by atoms with Crippen molar-refractivity contribution in [2.24, 2.45) is 0 Å². The van der Waals surface area contributed by atoms with Crippen LogP contribution >= 0.6 is 0 Å². The van der Waals surface area contributed by atoms with Gasteiger partial charge in [0.25, 0.3) is 0 Å². The van der Waals surface area contributed by atoms with E-state index in [4.69, 9.17) is 10.5 Å². The summed E-state index contributed by atoms with van der Waals surface area (Å²) < 4.78 is 19.1. The number of rotatable bonds is 3. The maximum atomic E-state index is 13.7. The van der Waals surface area contributed by atoms with Crippen LogP contribution in [0.25, 0.3) is 0 Å². The number of hydrogen-bond acceptors (Lipinski definition) is 4. The lowest BCUT2D eigenvalue weighted by molar-refractivity contribution is 0.0198. The molecule has 3 N–H and O–H groups in total. The fraction of sp³-hybridized carbons (Fsp3) is 0.588. The first kappa shape index (κ1) is 17.5. The van der Waals surface area contributed by atoms with Crippen LogP contribution < -0.4 is 11.1 Å². The molecule has 1 heterocycles. The van der Waals surface area contributed by atoms with Crippen molar-refractivity contribution in [3.63, 3.8) is 0 Å². The number of carbonyl (C=O) groups is 1. The molecule has 1 fully saturated rings. The largest absolute Gasteiger partial charge is 0.444 e. The Morgan fingerprint density at radius 2 is 2.04 bits per heavy atom. The maximum absolute atomic E-state index is 13.7. The van der Waals surface area contributed by atoms with E-state index in [0.717, 1.165) is 12.8 Å². The van der Waals surface area contributed by atoms with Crippen LogP contribution in [0.15, 0.2) is 18.2 Å². The minimum absolute atomic E-state index is 0.243. The summed E-state index contributed by atoms with van der Waals surface area (Å²) in [5.41, 5.74) is 6.29. The van der Waals surface area contributed by atoms with Gasteiger partial charge in [-0.3, -0.25) is 0 Å². The van der Waals surface area contributed by atoms with E-state index in [1.165, 1.54) is 6.07 Å². The molecule has 2 rings (SSSR count). The van der Waals surface area contributed by atoms with Gasteiger partial charge in [-0.2, -0.15) is 0 Å². The highest BCUT2D eigenvalue weighted by Crippen LogP contribution is 2.18. The van der Waals surface area contributed by atoms with Crippen LogP contribution in [-0.4, -0.2) is 35.7 Å². The molecular formula is C17H26FN3O2. The predicted octanol–water partition coefficient (Wildman–Crippen LogP) is 2.90. The van der Waals surface area contributed by atoms with Crippen LogP contribution in [0.1, 0.15) is 39.2 Å². The maximum Gasteiger partial charge on any atom is 0.410 e. The second kappa shape index (κ2) is 7.17. The molecule has 1 saturated heterocycles. The Morgan fingerprint density at radius 3 is 2.61 bits per heavy atom. The molecule has 0 radical (unpaired) electrons. The van der Waals surface area contributed by atoms with Gasteiger partial charge in [0, 0.05) is 36.9 Å². The second-order valence-corrected chi connectivity index (χ2v) is 6.93. The molecule has 6 heteroatoms. The highest BCUT2D eigenvalue weighted by atomic mass is 19.1. The lowest BCUT2D eigenvalue weighted by Crippen LogP contribution is -2.46. The van der Waals surface area contributed by atoms with Crippen LogP contribution in [-0.2, 0) is 11.3 Å². The average Bonchev–Trinajstić information content (AvgIpc) is 2.45. The minimum atomic E-state index is -0.478. The minimum Gasteiger partial charge on any atom is -0.444 e. The van der Waals surface area contributed by atoms with Crippen molar-refractivity contribution in [1.29, 1.82) is 0 Å². The number of amides is 1. The van der Waals surface area contributed by atoms with Crippen molar-refractivity contribution >= 4 is 11.8 Å². The standard InChI is InChI=1S/C17H26FN3O2/c1-17(2,3)23-16(22)21-9-7-12(8-10-21)20-11-13-14(18)5-4-6-15(13)19/h4-6,12,20H,7-11,19H2,1-3H3. The molecule has 1 amide bonds. The first-order chi connectivity index (χ1) is 10.8. The molecule has 128 valence electrons. The lowest BCUT2D eigenvalue weighted by atomic mass is 10.0. The van der Waals surface area contributed by atoms with Crippen LogP contribution in [0.2, 0.25) is 0 Å². The van der Waals surface area contributed by atoms with E-state index in [0.29, 0.717) is 30.9 Å². The summed E-state index contributed by atoms with van der Waals surface area (Å²) in [4.78, 5) is 13.7. The zero-order valence-corrected chi connectivity index (χ0v) is 14.1. The quantitative estimate of drug-likeness (QED) is 0.839. The van der Waals surface area contributed by atoms with Crippen LogP contribution in [0, 0.1) is 5.82 Å². The monoisotopic (exact) mass is 323 g/mol. The SMILES string of the molecule is CC(C)(C)OC(=O)N1CCC(NCc2c(N)cccc2F)CC1. The third kappa shape index (κ3) is 5.10. The highest BCUT2D eigenvalue weighted by Gasteiger charge is 2.26. The normalized spacial score (nSPS) is 16.4. The van der Waals surface area contributed by atoms with Gasteiger partial charge < -0.3 is 20.7 Å². The Labute approximate surface area is 137 Å². The molecule has 1 aromatic rings. The molecule has 5 nitrogen and oxygen atoms in total. The van der Waals surface area contributed by atoms with Crippen LogP contribution in [0.4, 0.5) is 14.9 Å². The van der Waals surface area contributed by atoms with E-state index in [9.17, 15) is 9.18 Å². The molecule has 0 unspecified atom stereocenters. The average molecular weight is 323 g/mol. The molecular weight excluding hydrogens is 297 g/mol. The van der Waals surface area contributed by atoms with E-state index >= 15 is 0 Å². The molecule has 0 bridgehead atoms. The van der Waals surface area contributed by atoms with Crippen molar-refractivity contribution in [2.45, 2.75) is 51.8 Å². The number of halogens is 1. The van der Waals surface area contributed by atoms with Gasteiger partial charge in [-0.05, 0) is 45.7 Å². The van der Waals surface area contributed by atoms with Gasteiger partial charge in [-0.1, -0.05) is 6.07 Å². The number of benzene rings is 1.